The van der Waals surface area contributed by atoms with Gasteiger partial charge in [-0.3, -0.25) is 4.98 Å². The van der Waals surface area contributed by atoms with E-state index < -0.39 is 26.7 Å². The van der Waals surface area contributed by atoms with E-state index in [0.717, 1.165) is 55.2 Å². The summed E-state index contributed by atoms with van der Waals surface area (Å²) >= 11 is 0. The predicted molar refractivity (Wildman–Crippen MR) is 231 cm³/mol. The van der Waals surface area contributed by atoms with Crippen molar-refractivity contribution in [1.29, 1.82) is 0 Å². The molecular weight excluding hydrogens is 867 g/mol. The van der Waals surface area contributed by atoms with E-state index in [0.29, 0.717) is 16.8 Å². The Bertz CT molecular complexity index is 2790. The predicted octanol–water partition coefficient (Wildman–Crippen LogP) is 12.7. The zero-order valence-electron chi connectivity index (χ0n) is 38.1. The molecule has 0 amide bonds. The van der Waals surface area contributed by atoms with Gasteiger partial charge in [-0.25, -0.2) is 0 Å². The third-order valence-electron chi connectivity index (χ3n) is 9.42. The van der Waals surface area contributed by atoms with Gasteiger partial charge in [-0.15, -0.1) is 53.6 Å². The average Bonchev–Trinajstić information content (AvgIpc) is 3.76. The Balaban J connectivity index is 0.000000201. The molecule has 0 N–H and O–H groups in total. The number of hydrogen-bond donors (Lipinski definition) is 0. The summed E-state index contributed by atoms with van der Waals surface area (Å²) < 4.78 is 48.5. The van der Waals surface area contributed by atoms with Gasteiger partial charge in [0.2, 0.25) is 0 Å². The molecule has 0 aliphatic carbocycles. The van der Waals surface area contributed by atoms with Crippen LogP contribution in [-0.4, -0.2) is 22.6 Å². The zero-order chi connectivity index (χ0) is 42.7. The second-order valence-corrected chi connectivity index (χ2v) is 22.0. The third kappa shape index (κ3) is 8.63. The average molecular weight is 923 g/mol. The summed E-state index contributed by atoms with van der Waals surface area (Å²) in [7, 11) is -1.81. The topological polar surface area (TPSA) is 43.9 Å². The van der Waals surface area contributed by atoms with Crippen molar-refractivity contribution < 1.29 is 31.4 Å². The van der Waals surface area contributed by atoms with E-state index in [4.69, 9.17) is 16.3 Å². The van der Waals surface area contributed by atoms with Crippen LogP contribution in [0.5, 0.6) is 0 Å². The maximum Gasteiger partial charge on any atom is 0.120 e. The summed E-state index contributed by atoms with van der Waals surface area (Å²) in [5, 5.41) is 3.19. The van der Waals surface area contributed by atoms with Crippen molar-refractivity contribution in [2.24, 2.45) is 5.41 Å². The van der Waals surface area contributed by atoms with Crippen molar-refractivity contribution >= 4 is 46.2 Å². The van der Waals surface area contributed by atoms with Gasteiger partial charge in [-0.05, 0) is 64.0 Å². The molecule has 0 aliphatic heterocycles. The minimum atomic E-state index is -2.17. The molecule has 0 aliphatic rings. The van der Waals surface area contributed by atoms with Gasteiger partial charge in [0.15, 0.2) is 0 Å². The first kappa shape index (κ1) is 33.7. The van der Waals surface area contributed by atoms with Crippen molar-refractivity contribution in [3.63, 3.8) is 0 Å². The molecule has 0 unspecified atom stereocenters. The van der Waals surface area contributed by atoms with Gasteiger partial charge in [0.1, 0.15) is 5.58 Å². The number of aromatic nitrogens is 3. The Hall–Kier alpha value is -4.61. The molecule has 8 aromatic rings. The van der Waals surface area contributed by atoms with Crippen LogP contribution in [0.3, 0.4) is 0 Å². The fourth-order valence-corrected chi connectivity index (χ4v) is 8.11. The Labute approximate surface area is 348 Å². The van der Waals surface area contributed by atoms with Crippen LogP contribution in [0.25, 0.3) is 61.3 Å². The molecule has 0 atom stereocenters. The zero-order valence-corrected chi connectivity index (χ0v) is 36.4. The number of aryl methyl sites for hydroxylation is 1. The number of fused-ring (bicyclic) bond motifs is 4. The van der Waals surface area contributed by atoms with Crippen molar-refractivity contribution in [3.8, 4) is 28.3 Å². The second kappa shape index (κ2) is 15.5. The fourth-order valence-electron chi connectivity index (χ4n) is 6.71. The molecule has 0 bridgehead atoms. The van der Waals surface area contributed by atoms with Crippen LogP contribution in [0.15, 0.2) is 120 Å². The Morgan fingerprint density at radius 1 is 0.836 bits per heavy atom. The van der Waals surface area contributed by atoms with Crippen molar-refractivity contribution in [2.45, 2.75) is 79.8 Å². The number of furan rings is 1. The van der Waals surface area contributed by atoms with Crippen LogP contribution in [0.1, 0.15) is 65.1 Å². The van der Waals surface area contributed by atoms with Crippen molar-refractivity contribution in [2.75, 3.05) is 0 Å². The molecule has 1 radical (unpaired) electrons. The van der Waals surface area contributed by atoms with E-state index in [2.05, 4.69) is 117 Å². The summed E-state index contributed by atoms with van der Waals surface area (Å²) in [6.07, 6.45) is 0.269. The Kier molecular flexibility index (Phi) is 9.49. The van der Waals surface area contributed by atoms with Gasteiger partial charge in [0.05, 0.1) is 30.5 Å². The molecule has 283 valence electrons. The van der Waals surface area contributed by atoms with Crippen molar-refractivity contribution in [3.05, 3.63) is 144 Å². The quantitative estimate of drug-likeness (QED) is 0.128. The molecule has 3 heterocycles. The van der Waals surface area contributed by atoms with Gasteiger partial charge in [0, 0.05) is 44.2 Å². The maximum absolute atomic E-state index is 8.79. The molecule has 3 aromatic heterocycles. The van der Waals surface area contributed by atoms with Crippen LogP contribution in [-0.2, 0) is 31.9 Å². The van der Waals surface area contributed by atoms with Crippen molar-refractivity contribution in [1.82, 2.24) is 14.5 Å². The number of nitrogens with zero attached hydrogens (tertiary/aromatic N) is 3. The molecule has 8 rings (SSSR count). The van der Waals surface area contributed by atoms with E-state index in [1.54, 1.807) is 18.3 Å². The van der Waals surface area contributed by atoms with Crippen LogP contribution < -0.4 is 5.19 Å². The Morgan fingerprint density at radius 2 is 1.56 bits per heavy atom. The van der Waals surface area contributed by atoms with E-state index in [1.165, 1.54) is 11.6 Å². The summed E-state index contributed by atoms with van der Waals surface area (Å²) in [5.74, 6) is 0.833. The van der Waals surface area contributed by atoms with Gasteiger partial charge < -0.3 is 14.0 Å². The van der Waals surface area contributed by atoms with Gasteiger partial charge >= 0.3 is 0 Å². The third-order valence-corrected chi connectivity index (χ3v) is 11.4. The van der Waals surface area contributed by atoms with E-state index in [1.807, 2.05) is 57.2 Å². The largest absolute Gasteiger partial charge is 0.501 e. The smallest absolute Gasteiger partial charge is 0.120 e. The second-order valence-electron chi connectivity index (χ2n) is 17.0. The first-order valence-electron chi connectivity index (χ1n) is 21.0. The molecule has 0 fully saturated rings. The fraction of sp³-hybridized carbons (Fsp3) is 0.265. The van der Waals surface area contributed by atoms with E-state index >= 15 is 0 Å². The number of rotatable bonds is 5. The molecule has 0 saturated carbocycles. The normalized spacial score (nSPS) is 13.9. The first-order valence-corrected chi connectivity index (χ1v) is 22.0. The summed E-state index contributed by atoms with van der Waals surface area (Å²) in [6, 6.07) is 42.1. The number of imidazole rings is 1. The van der Waals surface area contributed by atoms with Crippen LogP contribution in [0.2, 0.25) is 19.6 Å². The van der Waals surface area contributed by atoms with Gasteiger partial charge in [-0.1, -0.05) is 133 Å². The van der Waals surface area contributed by atoms with Crippen LogP contribution >= 0.6 is 0 Å². The number of hydrogen-bond acceptors (Lipinski definition) is 3. The molecule has 5 aromatic carbocycles. The molecule has 55 heavy (non-hydrogen) atoms. The minimum absolute atomic E-state index is 0. The standard InChI is InChI=1S/C29H23N2O.C20H28NSi.Ir/c1-29(2,3)19-15-17-20(18-16-19)31-25-13-6-5-12-24(25)30-28(31)23-11-8-10-22-21-9-4-7-14-26(21)32-27(22)23;1-15-8-10-16(11-9-15)18-12-17(13-20(2,3)4)19(14-21-18)22(5,6)7;/h4-10,12-18H,1-3H3;8-10,12,14H,13H2,1-7H3;/q2*-1;/i;1D3,13D2;. The van der Waals surface area contributed by atoms with Gasteiger partial charge in [0.25, 0.3) is 0 Å². The number of benzene rings is 5. The Morgan fingerprint density at radius 3 is 2.24 bits per heavy atom. The molecule has 4 nitrogen and oxygen atoms in total. The molecular formula is C49H51IrN3OSi-2. The maximum atomic E-state index is 8.79. The molecule has 0 spiro atoms. The summed E-state index contributed by atoms with van der Waals surface area (Å²) in [4.78, 5) is 9.58. The SMILES string of the molecule is CC(C)(C)c1ccc(-n2c(-c3[c-]ccc4c3oc3ccccc34)nc3ccccc32)cc1.[2H]C([2H])([2H])c1c[c-]c(-c2cc(C([2H])([2H])C(C)(C)C)c([Si](C)(C)C)cn2)cc1.[Ir]. The van der Waals surface area contributed by atoms with Crippen LogP contribution in [0, 0.1) is 24.4 Å². The number of pyridine rings is 1. The monoisotopic (exact) mass is 923 g/mol. The summed E-state index contributed by atoms with van der Waals surface area (Å²) in [5.41, 5.74) is 8.65. The summed E-state index contributed by atoms with van der Waals surface area (Å²) in [6.45, 7) is 16.8. The molecule has 0 saturated heterocycles. The first-order chi connectivity index (χ1) is 27.6. The minimum Gasteiger partial charge on any atom is -0.501 e. The van der Waals surface area contributed by atoms with E-state index in [-0.39, 0.29) is 31.1 Å². The number of para-hydroxylation sites is 3. The molecule has 6 heteroatoms. The van der Waals surface area contributed by atoms with Gasteiger partial charge in [-0.2, -0.15) is 0 Å². The van der Waals surface area contributed by atoms with Crippen LogP contribution in [0.4, 0.5) is 0 Å². The van der Waals surface area contributed by atoms with E-state index in [9.17, 15) is 0 Å².